The fourth-order valence-electron chi connectivity index (χ4n) is 4.99. The van der Waals surface area contributed by atoms with E-state index >= 15 is 0 Å². The van der Waals surface area contributed by atoms with Crippen molar-refractivity contribution in [1.82, 2.24) is 14.3 Å². The summed E-state index contributed by atoms with van der Waals surface area (Å²) in [6, 6.07) is 10.6. The predicted octanol–water partition coefficient (Wildman–Crippen LogP) is 3.76. The number of hydrogen-bond acceptors (Lipinski definition) is 4. The van der Waals surface area contributed by atoms with E-state index in [2.05, 4.69) is 27.5 Å². The Morgan fingerprint density at radius 3 is 2.80 bits per heavy atom. The minimum absolute atomic E-state index is 0.296. The molecule has 30 heavy (non-hydrogen) atoms. The molecule has 2 aromatic heterocycles. The average Bonchev–Trinajstić information content (AvgIpc) is 3.11. The molecule has 0 bridgehead atoms. The van der Waals surface area contributed by atoms with Gasteiger partial charge in [-0.15, -0.1) is 0 Å². The number of carboxylic acid groups (broad SMARTS) is 1. The number of rotatable bonds is 4. The Morgan fingerprint density at radius 1 is 1.13 bits per heavy atom. The zero-order valence-corrected chi connectivity index (χ0v) is 17.2. The number of nitrogen functional groups attached to an aromatic ring is 1. The number of nitrogens with zero attached hydrogens (tertiary/aromatic N) is 3. The lowest BCUT2D eigenvalue weighted by Crippen LogP contribution is -2.38. The molecular weight excluding hydrogens is 376 g/mol. The molecule has 1 aliphatic heterocycles. The van der Waals surface area contributed by atoms with Gasteiger partial charge in [0.15, 0.2) is 0 Å². The first kappa shape index (κ1) is 19.1. The summed E-state index contributed by atoms with van der Waals surface area (Å²) >= 11 is 0. The summed E-state index contributed by atoms with van der Waals surface area (Å²) in [5.74, 6) is -0.993. The van der Waals surface area contributed by atoms with Crippen LogP contribution in [0.3, 0.4) is 0 Å². The standard InChI is InChI=1S/C24H28N4O2/c25-20-9-10-22-26-23(18-8-7-16-4-1-2-5-17(16)12-18)21(28(22)14-20)15-27-11-3-6-19(13-27)24(29)30/h7-10,12,14,19H,1-6,11,13,15,25H2,(H,29,30). The minimum Gasteiger partial charge on any atom is -0.481 e. The largest absolute Gasteiger partial charge is 0.481 e. The van der Waals surface area contributed by atoms with Crippen LogP contribution < -0.4 is 5.73 Å². The summed E-state index contributed by atoms with van der Waals surface area (Å²) in [5.41, 5.74) is 13.7. The van der Waals surface area contributed by atoms with E-state index in [4.69, 9.17) is 10.7 Å². The summed E-state index contributed by atoms with van der Waals surface area (Å²) in [4.78, 5) is 18.7. The number of piperidine rings is 1. The van der Waals surface area contributed by atoms with Crippen LogP contribution >= 0.6 is 0 Å². The van der Waals surface area contributed by atoms with Gasteiger partial charge in [-0.3, -0.25) is 9.69 Å². The van der Waals surface area contributed by atoms with Crippen molar-refractivity contribution >= 4 is 17.3 Å². The van der Waals surface area contributed by atoms with Gasteiger partial charge in [-0.1, -0.05) is 12.1 Å². The number of hydrogen-bond donors (Lipinski definition) is 2. The second-order valence-electron chi connectivity index (χ2n) is 8.70. The number of anilines is 1. The molecule has 1 saturated heterocycles. The van der Waals surface area contributed by atoms with E-state index in [0.717, 1.165) is 54.8 Å². The predicted molar refractivity (Wildman–Crippen MR) is 117 cm³/mol. The van der Waals surface area contributed by atoms with Crippen LogP contribution in [0, 0.1) is 5.92 Å². The molecule has 0 spiro atoms. The van der Waals surface area contributed by atoms with Crippen LogP contribution in [-0.4, -0.2) is 38.4 Å². The van der Waals surface area contributed by atoms with Crippen LogP contribution in [0.15, 0.2) is 36.5 Å². The number of benzene rings is 1. The van der Waals surface area contributed by atoms with Gasteiger partial charge in [0.2, 0.25) is 0 Å². The van der Waals surface area contributed by atoms with Gasteiger partial charge >= 0.3 is 5.97 Å². The first-order valence-electron chi connectivity index (χ1n) is 10.9. The molecule has 2 aliphatic rings. The van der Waals surface area contributed by atoms with Crippen molar-refractivity contribution in [2.45, 2.75) is 45.1 Å². The fraction of sp³-hybridized carbons (Fsp3) is 0.417. The van der Waals surface area contributed by atoms with Crippen LogP contribution in [0.25, 0.3) is 16.9 Å². The highest BCUT2D eigenvalue weighted by Gasteiger charge is 2.27. The Labute approximate surface area is 176 Å². The Kier molecular flexibility index (Phi) is 4.95. The first-order chi connectivity index (χ1) is 14.6. The van der Waals surface area contributed by atoms with Gasteiger partial charge in [-0.25, -0.2) is 4.98 Å². The van der Waals surface area contributed by atoms with E-state index < -0.39 is 5.97 Å². The van der Waals surface area contributed by atoms with Gasteiger partial charge in [0, 0.05) is 30.5 Å². The van der Waals surface area contributed by atoms with Crippen LogP contribution in [0.5, 0.6) is 0 Å². The Balaban J connectivity index is 1.56. The van der Waals surface area contributed by atoms with Crippen LogP contribution in [-0.2, 0) is 24.2 Å². The minimum atomic E-state index is -0.697. The van der Waals surface area contributed by atoms with Gasteiger partial charge in [-0.2, -0.15) is 0 Å². The molecule has 1 aromatic carbocycles. The summed E-state index contributed by atoms with van der Waals surface area (Å²) in [6.45, 7) is 2.15. The van der Waals surface area contributed by atoms with Crippen LogP contribution in [0.4, 0.5) is 5.69 Å². The maximum atomic E-state index is 11.5. The van der Waals surface area contributed by atoms with E-state index in [9.17, 15) is 9.90 Å². The molecule has 5 rings (SSSR count). The highest BCUT2D eigenvalue weighted by Crippen LogP contribution is 2.31. The molecule has 0 saturated carbocycles. The van der Waals surface area contributed by atoms with E-state index in [-0.39, 0.29) is 5.92 Å². The van der Waals surface area contributed by atoms with Crippen molar-refractivity contribution in [2.24, 2.45) is 5.92 Å². The Bertz CT molecular complexity index is 1100. The highest BCUT2D eigenvalue weighted by atomic mass is 16.4. The molecule has 3 heterocycles. The van der Waals surface area contributed by atoms with E-state index in [1.54, 1.807) is 0 Å². The number of aliphatic carboxylic acids is 1. The lowest BCUT2D eigenvalue weighted by molar-refractivity contribution is -0.143. The maximum absolute atomic E-state index is 11.5. The van der Waals surface area contributed by atoms with Crippen molar-refractivity contribution in [3.8, 4) is 11.3 Å². The third-order valence-electron chi connectivity index (χ3n) is 6.59. The first-order valence-corrected chi connectivity index (χ1v) is 10.9. The third-order valence-corrected chi connectivity index (χ3v) is 6.59. The van der Waals surface area contributed by atoms with Gasteiger partial charge in [0.25, 0.3) is 0 Å². The average molecular weight is 405 g/mol. The van der Waals surface area contributed by atoms with Crippen LogP contribution in [0.2, 0.25) is 0 Å². The Morgan fingerprint density at radius 2 is 1.97 bits per heavy atom. The third kappa shape index (κ3) is 3.56. The van der Waals surface area contributed by atoms with Gasteiger partial charge in [0.05, 0.1) is 17.3 Å². The number of likely N-dealkylation sites (tertiary alicyclic amines) is 1. The van der Waals surface area contributed by atoms with Crippen LogP contribution in [0.1, 0.15) is 42.5 Å². The number of aryl methyl sites for hydroxylation is 2. The summed E-state index contributed by atoms with van der Waals surface area (Å²) < 4.78 is 2.08. The van der Waals surface area contributed by atoms with Gasteiger partial charge < -0.3 is 15.2 Å². The molecule has 6 heteroatoms. The lowest BCUT2D eigenvalue weighted by Gasteiger charge is -2.30. The molecule has 156 valence electrons. The van der Waals surface area contributed by atoms with Crippen molar-refractivity contribution in [3.63, 3.8) is 0 Å². The van der Waals surface area contributed by atoms with E-state index in [1.165, 1.54) is 24.0 Å². The quantitative estimate of drug-likeness (QED) is 0.692. The molecule has 0 radical (unpaired) electrons. The smallest absolute Gasteiger partial charge is 0.307 e. The number of pyridine rings is 1. The number of imidazole rings is 1. The molecule has 1 aliphatic carbocycles. The normalized spacial score (nSPS) is 19.7. The molecular formula is C24H28N4O2. The summed E-state index contributed by atoms with van der Waals surface area (Å²) in [5, 5.41) is 9.47. The number of fused-ring (bicyclic) bond motifs is 2. The molecule has 3 N–H and O–H groups in total. The number of carboxylic acids is 1. The number of aromatic nitrogens is 2. The lowest BCUT2D eigenvalue weighted by atomic mass is 9.89. The van der Waals surface area contributed by atoms with Crippen molar-refractivity contribution < 1.29 is 9.90 Å². The number of carbonyl (C=O) groups is 1. The van der Waals surface area contributed by atoms with E-state index in [1.807, 2.05) is 18.3 Å². The Hall–Kier alpha value is -2.86. The molecule has 1 atom stereocenters. The SMILES string of the molecule is Nc1ccc2nc(-c3ccc4c(c3)CCCC4)c(CN3CCCC(C(=O)O)C3)n2c1. The molecule has 6 nitrogen and oxygen atoms in total. The fourth-order valence-corrected chi connectivity index (χ4v) is 4.99. The van der Waals surface area contributed by atoms with Gasteiger partial charge in [-0.05, 0) is 74.4 Å². The summed E-state index contributed by atoms with van der Waals surface area (Å²) in [6.07, 6.45) is 8.39. The monoisotopic (exact) mass is 404 g/mol. The van der Waals surface area contributed by atoms with Crippen molar-refractivity contribution in [2.75, 3.05) is 18.8 Å². The van der Waals surface area contributed by atoms with E-state index in [0.29, 0.717) is 18.8 Å². The maximum Gasteiger partial charge on any atom is 0.307 e. The van der Waals surface area contributed by atoms with Crippen molar-refractivity contribution in [1.29, 1.82) is 0 Å². The molecule has 1 unspecified atom stereocenters. The second kappa shape index (κ2) is 7.76. The van der Waals surface area contributed by atoms with Gasteiger partial charge in [0.1, 0.15) is 5.65 Å². The van der Waals surface area contributed by atoms with Crippen molar-refractivity contribution in [3.05, 3.63) is 53.3 Å². The molecule has 0 amide bonds. The molecule has 1 fully saturated rings. The highest BCUT2D eigenvalue weighted by molar-refractivity contribution is 5.70. The zero-order chi connectivity index (χ0) is 20.7. The summed E-state index contributed by atoms with van der Waals surface area (Å²) in [7, 11) is 0. The second-order valence-corrected chi connectivity index (χ2v) is 8.70. The zero-order valence-electron chi connectivity index (χ0n) is 17.2. The number of nitrogens with two attached hydrogens (primary N) is 1. The molecule has 3 aromatic rings. The topological polar surface area (TPSA) is 83.9 Å².